The number of hydrogen-bond donors (Lipinski definition) is 0. The van der Waals surface area contributed by atoms with E-state index in [0.717, 1.165) is 50.9 Å². The lowest BCUT2D eigenvalue weighted by molar-refractivity contribution is -0.153. The maximum Gasteiger partial charge on any atom is 0.410 e. The molecule has 0 aromatic heterocycles. The fourth-order valence-electron chi connectivity index (χ4n) is 2.95. The van der Waals surface area contributed by atoms with Gasteiger partial charge in [0.15, 0.2) is 0 Å². The largest absolute Gasteiger partial charge is 0.445 e. The van der Waals surface area contributed by atoms with Crippen LogP contribution in [-0.4, -0.2) is 36.3 Å². The zero-order valence-electron chi connectivity index (χ0n) is 11.7. The van der Waals surface area contributed by atoms with Crippen molar-refractivity contribution < 1.29 is 14.3 Å². The second-order valence-corrected chi connectivity index (χ2v) is 5.66. The van der Waals surface area contributed by atoms with E-state index in [2.05, 4.69) is 0 Å². The minimum atomic E-state index is -0.203. The van der Waals surface area contributed by atoms with Gasteiger partial charge in [-0.2, -0.15) is 0 Å². The Hall–Kier alpha value is -1.55. The van der Waals surface area contributed by atoms with Gasteiger partial charge in [0, 0.05) is 13.1 Å². The summed E-state index contributed by atoms with van der Waals surface area (Å²) in [6.45, 7) is 2.74. The van der Waals surface area contributed by atoms with E-state index in [1.165, 1.54) is 0 Å². The fraction of sp³-hybridized carbons (Fsp3) is 0.562. The lowest BCUT2D eigenvalue weighted by atomic mass is 9.87. The molecule has 108 valence electrons. The average molecular weight is 275 g/mol. The summed E-state index contributed by atoms with van der Waals surface area (Å²) >= 11 is 0. The van der Waals surface area contributed by atoms with Crippen molar-refractivity contribution >= 4 is 6.09 Å². The van der Waals surface area contributed by atoms with E-state index in [1.54, 1.807) is 0 Å². The molecule has 0 saturated carbocycles. The first-order chi connectivity index (χ1) is 9.77. The standard InChI is InChI=1S/C16H21NO3/c18-15(19-13-14-5-2-1-3-6-14)17-10-4-7-16(8-11-17)9-12-20-16/h1-3,5-6H,4,7-13H2. The first-order valence-electron chi connectivity index (χ1n) is 7.37. The van der Waals surface area contributed by atoms with Gasteiger partial charge >= 0.3 is 6.09 Å². The zero-order valence-corrected chi connectivity index (χ0v) is 11.7. The lowest BCUT2D eigenvalue weighted by Crippen LogP contribution is -2.44. The predicted octanol–water partition coefficient (Wildman–Crippen LogP) is 2.97. The molecule has 2 saturated heterocycles. The lowest BCUT2D eigenvalue weighted by Gasteiger charge is -2.41. The van der Waals surface area contributed by atoms with Gasteiger partial charge in [0.05, 0.1) is 12.2 Å². The van der Waals surface area contributed by atoms with Crippen LogP contribution in [0.1, 0.15) is 31.2 Å². The molecule has 2 fully saturated rings. The third-order valence-corrected chi connectivity index (χ3v) is 4.33. The number of hydrogen-bond acceptors (Lipinski definition) is 3. The molecule has 2 aliphatic heterocycles. The molecular weight excluding hydrogens is 254 g/mol. The van der Waals surface area contributed by atoms with E-state index >= 15 is 0 Å². The fourth-order valence-corrected chi connectivity index (χ4v) is 2.95. The number of benzene rings is 1. The number of likely N-dealkylation sites (tertiary alicyclic amines) is 1. The molecule has 1 aromatic carbocycles. The molecule has 0 N–H and O–H groups in total. The summed E-state index contributed by atoms with van der Waals surface area (Å²) in [5.41, 5.74) is 1.09. The number of ether oxygens (including phenoxy) is 2. The van der Waals surface area contributed by atoms with Gasteiger partial charge in [-0.05, 0) is 31.2 Å². The summed E-state index contributed by atoms with van der Waals surface area (Å²) in [5, 5.41) is 0. The van der Waals surface area contributed by atoms with Crippen LogP contribution in [0.15, 0.2) is 30.3 Å². The first-order valence-corrected chi connectivity index (χ1v) is 7.37. The van der Waals surface area contributed by atoms with E-state index in [4.69, 9.17) is 9.47 Å². The van der Waals surface area contributed by atoms with Crippen molar-refractivity contribution in [1.29, 1.82) is 0 Å². The van der Waals surface area contributed by atoms with Crippen LogP contribution >= 0.6 is 0 Å². The van der Waals surface area contributed by atoms with Gasteiger partial charge in [0.2, 0.25) is 0 Å². The van der Waals surface area contributed by atoms with Gasteiger partial charge in [-0.3, -0.25) is 0 Å². The Morgan fingerprint density at radius 1 is 1.20 bits per heavy atom. The highest BCUT2D eigenvalue weighted by Crippen LogP contribution is 2.36. The molecule has 1 aromatic rings. The summed E-state index contributed by atoms with van der Waals surface area (Å²) in [5.74, 6) is 0. The third-order valence-electron chi connectivity index (χ3n) is 4.33. The van der Waals surface area contributed by atoms with Gasteiger partial charge in [-0.15, -0.1) is 0 Å². The van der Waals surface area contributed by atoms with Crippen LogP contribution in [0.5, 0.6) is 0 Å². The van der Waals surface area contributed by atoms with E-state index in [1.807, 2.05) is 35.2 Å². The van der Waals surface area contributed by atoms with E-state index < -0.39 is 0 Å². The zero-order chi connectivity index (χ0) is 13.8. The van der Waals surface area contributed by atoms with Gasteiger partial charge in [-0.1, -0.05) is 30.3 Å². The maximum absolute atomic E-state index is 12.1. The Labute approximate surface area is 119 Å². The maximum atomic E-state index is 12.1. The molecule has 3 rings (SSSR count). The van der Waals surface area contributed by atoms with Gasteiger partial charge < -0.3 is 14.4 Å². The van der Waals surface area contributed by atoms with Crippen LogP contribution in [0.2, 0.25) is 0 Å². The third kappa shape index (κ3) is 2.96. The minimum absolute atomic E-state index is 0.0639. The van der Waals surface area contributed by atoms with Crippen molar-refractivity contribution in [3.8, 4) is 0 Å². The second kappa shape index (κ2) is 5.83. The van der Waals surface area contributed by atoms with Gasteiger partial charge in [0.1, 0.15) is 6.61 Å². The number of nitrogens with zero attached hydrogens (tertiary/aromatic N) is 1. The van der Waals surface area contributed by atoms with E-state index in [0.29, 0.717) is 6.61 Å². The van der Waals surface area contributed by atoms with Crippen LogP contribution in [0.25, 0.3) is 0 Å². The summed E-state index contributed by atoms with van der Waals surface area (Å²) in [4.78, 5) is 13.9. The Bertz CT molecular complexity index is 456. The number of rotatable bonds is 2. The molecule has 4 heteroatoms. The van der Waals surface area contributed by atoms with Crippen molar-refractivity contribution in [2.75, 3.05) is 19.7 Å². The van der Waals surface area contributed by atoms with Crippen molar-refractivity contribution in [1.82, 2.24) is 4.90 Å². The summed E-state index contributed by atoms with van der Waals surface area (Å²) < 4.78 is 11.1. The second-order valence-electron chi connectivity index (χ2n) is 5.66. The number of carbonyl (C=O) groups excluding carboxylic acids is 1. The number of amides is 1. The highest BCUT2D eigenvalue weighted by molar-refractivity contribution is 5.67. The predicted molar refractivity (Wildman–Crippen MR) is 75.4 cm³/mol. The minimum Gasteiger partial charge on any atom is -0.445 e. The Balaban J connectivity index is 1.49. The molecule has 1 spiro atoms. The molecule has 20 heavy (non-hydrogen) atoms. The van der Waals surface area contributed by atoms with Crippen LogP contribution < -0.4 is 0 Å². The Morgan fingerprint density at radius 2 is 2.00 bits per heavy atom. The number of carbonyl (C=O) groups is 1. The molecule has 1 unspecified atom stereocenters. The van der Waals surface area contributed by atoms with Crippen molar-refractivity contribution in [3.63, 3.8) is 0 Å². The summed E-state index contributed by atoms with van der Waals surface area (Å²) in [7, 11) is 0. The molecule has 0 bridgehead atoms. The van der Waals surface area contributed by atoms with E-state index in [9.17, 15) is 4.79 Å². The molecule has 2 heterocycles. The molecule has 0 radical (unpaired) electrons. The van der Waals surface area contributed by atoms with Crippen LogP contribution in [0.3, 0.4) is 0 Å². The van der Waals surface area contributed by atoms with Crippen LogP contribution in [0.4, 0.5) is 4.79 Å². The highest BCUT2D eigenvalue weighted by Gasteiger charge is 2.40. The van der Waals surface area contributed by atoms with Crippen LogP contribution in [0, 0.1) is 0 Å². The van der Waals surface area contributed by atoms with E-state index in [-0.39, 0.29) is 11.7 Å². The topological polar surface area (TPSA) is 38.8 Å². The van der Waals surface area contributed by atoms with Gasteiger partial charge in [-0.25, -0.2) is 4.79 Å². The van der Waals surface area contributed by atoms with Crippen LogP contribution in [-0.2, 0) is 16.1 Å². The normalized spacial score (nSPS) is 25.9. The quantitative estimate of drug-likeness (QED) is 0.833. The van der Waals surface area contributed by atoms with Crippen molar-refractivity contribution in [2.45, 2.75) is 37.9 Å². The van der Waals surface area contributed by atoms with Gasteiger partial charge in [0.25, 0.3) is 0 Å². The van der Waals surface area contributed by atoms with Crippen molar-refractivity contribution in [2.24, 2.45) is 0 Å². The molecule has 4 nitrogen and oxygen atoms in total. The molecule has 2 aliphatic rings. The molecule has 1 amide bonds. The highest BCUT2D eigenvalue weighted by atomic mass is 16.6. The SMILES string of the molecule is O=C(OCc1ccccc1)N1CCCC2(CCO2)CC1. The summed E-state index contributed by atoms with van der Waals surface area (Å²) in [6.07, 6.45) is 3.94. The molecule has 1 atom stereocenters. The summed E-state index contributed by atoms with van der Waals surface area (Å²) in [6, 6.07) is 9.79. The molecular formula is C16H21NO3. The van der Waals surface area contributed by atoms with Crippen molar-refractivity contribution in [3.05, 3.63) is 35.9 Å². The average Bonchev–Trinajstić information content (AvgIpc) is 2.68. The molecule has 0 aliphatic carbocycles. The Kier molecular flexibility index (Phi) is 3.92. The monoisotopic (exact) mass is 275 g/mol. The first kappa shape index (κ1) is 13.4. The smallest absolute Gasteiger partial charge is 0.410 e. The Morgan fingerprint density at radius 3 is 2.70 bits per heavy atom.